The van der Waals surface area contributed by atoms with E-state index in [9.17, 15) is 9.59 Å². The first-order valence-electron chi connectivity index (χ1n) is 11.2. The van der Waals surface area contributed by atoms with Gasteiger partial charge in [0.2, 0.25) is 0 Å². The van der Waals surface area contributed by atoms with Crippen LogP contribution in [0.5, 0.6) is 0 Å². The number of hydrogen-bond donors (Lipinski definition) is 0. The van der Waals surface area contributed by atoms with Gasteiger partial charge in [0.05, 0.1) is 5.56 Å². The van der Waals surface area contributed by atoms with Crippen LogP contribution >= 0.6 is 23.4 Å². The summed E-state index contributed by atoms with van der Waals surface area (Å²) in [5.41, 5.74) is 1.51. The zero-order valence-corrected chi connectivity index (χ0v) is 20.5. The molecule has 0 amide bonds. The average Bonchev–Trinajstić information content (AvgIpc) is 2.77. The molecular weight excluding hydrogens is 444 g/mol. The van der Waals surface area contributed by atoms with Crippen LogP contribution in [0.1, 0.15) is 56.0 Å². The number of halogens is 1. The largest absolute Gasteiger partial charge is 0.460 e. The Morgan fingerprint density at radius 2 is 1.75 bits per heavy atom. The molecule has 0 bridgehead atoms. The van der Waals surface area contributed by atoms with Crippen LogP contribution in [0.2, 0.25) is 5.02 Å². The molecule has 1 aliphatic rings. The van der Waals surface area contributed by atoms with E-state index in [1.165, 1.54) is 6.42 Å². The van der Waals surface area contributed by atoms with Crippen LogP contribution in [-0.2, 0) is 20.0 Å². The fourth-order valence-electron chi connectivity index (χ4n) is 4.10. The molecule has 0 spiro atoms. The van der Waals surface area contributed by atoms with Crippen molar-refractivity contribution in [1.29, 1.82) is 0 Å². The number of hydrogen-bond acceptors (Lipinski definition) is 5. The zero-order chi connectivity index (χ0) is 23.1. The molecule has 2 aromatic carbocycles. The van der Waals surface area contributed by atoms with Gasteiger partial charge >= 0.3 is 11.9 Å². The first kappa shape index (κ1) is 24.7. The number of rotatable bonds is 8. The number of thioether (sulfide) groups is 1. The second kappa shape index (κ2) is 11.8. The summed E-state index contributed by atoms with van der Waals surface area (Å²) in [5, 5.41) is 0.717. The van der Waals surface area contributed by atoms with Gasteiger partial charge < -0.3 is 9.47 Å². The number of carbonyl (C=O) groups is 2. The molecule has 4 nitrogen and oxygen atoms in total. The lowest BCUT2D eigenvalue weighted by Crippen LogP contribution is -2.36. The van der Waals surface area contributed by atoms with E-state index in [-0.39, 0.29) is 12.7 Å². The summed E-state index contributed by atoms with van der Waals surface area (Å²) < 4.78 is 10.9. The monoisotopic (exact) mass is 474 g/mol. The molecule has 0 N–H and O–H groups in total. The summed E-state index contributed by atoms with van der Waals surface area (Å²) in [6.45, 7) is 6.16. The zero-order valence-electron chi connectivity index (χ0n) is 18.9. The van der Waals surface area contributed by atoms with Crippen LogP contribution in [0.4, 0.5) is 0 Å². The Labute approximate surface area is 200 Å². The first-order chi connectivity index (χ1) is 15.3. The van der Waals surface area contributed by atoms with Gasteiger partial charge in [-0.05, 0) is 72.6 Å². The summed E-state index contributed by atoms with van der Waals surface area (Å²) in [6.07, 6.45) is 3.01. The van der Waals surface area contributed by atoms with E-state index in [1.54, 1.807) is 23.9 Å². The van der Waals surface area contributed by atoms with E-state index < -0.39 is 11.9 Å². The molecule has 3 rings (SSSR count). The fraction of sp³-hybridized carbons (Fsp3) is 0.462. The van der Waals surface area contributed by atoms with E-state index in [0.29, 0.717) is 28.3 Å². The van der Waals surface area contributed by atoms with Gasteiger partial charge in [-0.15, -0.1) is 11.8 Å². The van der Waals surface area contributed by atoms with Crippen molar-refractivity contribution in [2.24, 2.45) is 17.8 Å². The molecule has 1 saturated carbocycles. The van der Waals surface area contributed by atoms with Crippen LogP contribution in [0.25, 0.3) is 0 Å². The Bertz CT molecular complexity index is 895. The summed E-state index contributed by atoms with van der Waals surface area (Å²) >= 11 is 7.61. The van der Waals surface area contributed by atoms with E-state index in [2.05, 4.69) is 20.8 Å². The maximum atomic E-state index is 12.3. The van der Waals surface area contributed by atoms with Crippen LogP contribution in [0, 0.1) is 17.8 Å². The van der Waals surface area contributed by atoms with Crippen molar-refractivity contribution in [2.75, 3.05) is 6.61 Å². The molecular formula is C26H31ClO4S. The maximum Gasteiger partial charge on any atom is 0.344 e. The van der Waals surface area contributed by atoms with Gasteiger partial charge in [0.1, 0.15) is 6.10 Å². The van der Waals surface area contributed by atoms with E-state index in [4.69, 9.17) is 21.1 Å². The third-order valence-corrected chi connectivity index (χ3v) is 7.31. The number of esters is 2. The molecule has 172 valence electrons. The predicted molar refractivity (Wildman–Crippen MR) is 129 cm³/mol. The van der Waals surface area contributed by atoms with Crippen molar-refractivity contribution < 1.29 is 19.1 Å². The van der Waals surface area contributed by atoms with Crippen molar-refractivity contribution in [1.82, 2.24) is 0 Å². The van der Waals surface area contributed by atoms with Gasteiger partial charge in [-0.2, -0.15) is 0 Å². The quantitative estimate of drug-likeness (QED) is 0.311. The normalized spacial score (nSPS) is 20.7. The minimum Gasteiger partial charge on any atom is -0.460 e. The number of ether oxygens (including phenoxy) is 2. The lowest BCUT2D eigenvalue weighted by molar-refractivity contribution is -0.159. The molecule has 3 atom stereocenters. The van der Waals surface area contributed by atoms with Gasteiger partial charge in [-0.3, -0.25) is 0 Å². The van der Waals surface area contributed by atoms with Crippen molar-refractivity contribution in [3.63, 3.8) is 0 Å². The molecule has 32 heavy (non-hydrogen) atoms. The number of carbonyl (C=O) groups excluding carboxylic acids is 2. The summed E-state index contributed by atoms with van der Waals surface area (Å²) in [5.74, 6) is 1.15. The average molecular weight is 475 g/mol. The summed E-state index contributed by atoms with van der Waals surface area (Å²) in [4.78, 5) is 25.8. The second-order valence-electron chi connectivity index (χ2n) is 8.87. The molecule has 2 aromatic rings. The highest BCUT2D eigenvalue weighted by atomic mass is 35.5. The Balaban J connectivity index is 1.45. The van der Waals surface area contributed by atoms with Crippen molar-refractivity contribution in [2.45, 2.75) is 56.8 Å². The van der Waals surface area contributed by atoms with Crippen LogP contribution in [0.3, 0.4) is 0 Å². The molecule has 0 aromatic heterocycles. The topological polar surface area (TPSA) is 52.6 Å². The highest BCUT2D eigenvalue weighted by molar-refractivity contribution is 7.98. The van der Waals surface area contributed by atoms with E-state index >= 15 is 0 Å². The molecule has 1 aliphatic carbocycles. The van der Waals surface area contributed by atoms with Crippen molar-refractivity contribution in [3.8, 4) is 0 Å². The lowest BCUT2D eigenvalue weighted by atomic mass is 9.75. The van der Waals surface area contributed by atoms with Crippen molar-refractivity contribution >= 4 is 35.3 Å². The highest BCUT2D eigenvalue weighted by Crippen LogP contribution is 2.35. The fourth-order valence-corrected chi connectivity index (χ4v) is 5.08. The maximum absolute atomic E-state index is 12.3. The van der Waals surface area contributed by atoms with Gasteiger partial charge in [0.25, 0.3) is 0 Å². The lowest BCUT2D eigenvalue weighted by Gasteiger charge is -2.36. The molecule has 0 aliphatic heterocycles. The smallest absolute Gasteiger partial charge is 0.344 e. The standard InChI is InChI=1S/C26H31ClO4S/c1-17(2)23-13-4-18(3)14-24(23)31-25(28)15-30-26(29)20-7-5-19(6-8-20)16-32-22-11-9-21(27)10-12-22/h5-12,17-18,23-24H,4,13-16H2,1-3H3/t18-,23+,24+/m1/s1. The summed E-state index contributed by atoms with van der Waals surface area (Å²) in [6, 6.07) is 14.9. The summed E-state index contributed by atoms with van der Waals surface area (Å²) in [7, 11) is 0. The SMILES string of the molecule is CC(C)[C@@H]1CC[C@@H](C)C[C@@H]1OC(=O)COC(=O)c1ccc(CSc2ccc(Cl)cc2)cc1. The van der Waals surface area contributed by atoms with Crippen LogP contribution in [-0.4, -0.2) is 24.6 Å². The van der Waals surface area contributed by atoms with Gasteiger partial charge in [-0.25, -0.2) is 9.59 Å². The van der Waals surface area contributed by atoms with Gasteiger partial charge in [0.15, 0.2) is 6.61 Å². The second-order valence-corrected chi connectivity index (χ2v) is 10.4. The predicted octanol–water partition coefficient (Wildman–Crippen LogP) is 6.79. The Morgan fingerprint density at radius 3 is 2.41 bits per heavy atom. The van der Waals surface area contributed by atoms with E-state index in [0.717, 1.165) is 29.1 Å². The Kier molecular flexibility index (Phi) is 9.06. The third-order valence-electron chi connectivity index (χ3n) is 5.97. The van der Waals surface area contributed by atoms with Crippen LogP contribution in [0.15, 0.2) is 53.4 Å². The molecule has 1 fully saturated rings. The van der Waals surface area contributed by atoms with Crippen LogP contribution < -0.4 is 0 Å². The first-order valence-corrected chi connectivity index (χ1v) is 12.5. The van der Waals surface area contributed by atoms with Gasteiger partial charge in [0, 0.05) is 15.7 Å². The molecule has 0 heterocycles. The Hall–Kier alpha value is -1.98. The minimum atomic E-state index is -0.517. The number of benzene rings is 2. The molecule has 6 heteroatoms. The molecule has 0 saturated heterocycles. The Morgan fingerprint density at radius 1 is 1.06 bits per heavy atom. The van der Waals surface area contributed by atoms with E-state index in [1.807, 2.05) is 36.4 Å². The third kappa shape index (κ3) is 7.28. The molecule has 0 unspecified atom stereocenters. The molecule has 0 radical (unpaired) electrons. The van der Waals surface area contributed by atoms with Gasteiger partial charge in [-0.1, -0.05) is 50.9 Å². The minimum absolute atomic E-state index is 0.0950. The van der Waals surface area contributed by atoms with Crippen molar-refractivity contribution in [3.05, 3.63) is 64.7 Å². The highest BCUT2D eigenvalue weighted by Gasteiger charge is 2.33.